The minimum absolute atomic E-state index is 0.0389. The normalized spacial score (nSPS) is 22.2. The Balaban J connectivity index is 1.56. The molecule has 9 heteroatoms. The zero-order valence-electron chi connectivity index (χ0n) is 23.1. The highest BCUT2D eigenvalue weighted by atomic mass is 16.5. The fourth-order valence-electron chi connectivity index (χ4n) is 5.49. The number of aliphatic hydroxyl groups excluding tert-OH is 1. The quantitative estimate of drug-likeness (QED) is 0.208. The van der Waals surface area contributed by atoms with Gasteiger partial charge >= 0.3 is 0 Å². The molecule has 0 radical (unpaired) electrons. The van der Waals surface area contributed by atoms with Crippen molar-refractivity contribution in [2.75, 3.05) is 52.6 Å². The summed E-state index contributed by atoms with van der Waals surface area (Å²) in [7, 11) is 0. The third kappa shape index (κ3) is 5.57. The second kappa shape index (κ2) is 12.1. The van der Waals surface area contributed by atoms with E-state index in [1.165, 1.54) is 0 Å². The highest BCUT2D eigenvalue weighted by Crippen LogP contribution is 2.42. The van der Waals surface area contributed by atoms with Crippen LogP contribution in [0.25, 0.3) is 5.76 Å². The van der Waals surface area contributed by atoms with Crippen LogP contribution in [0.2, 0.25) is 0 Å². The van der Waals surface area contributed by atoms with Crippen LogP contribution in [-0.4, -0.2) is 85.3 Å². The molecule has 3 aliphatic rings. The van der Waals surface area contributed by atoms with Crippen molar-refractivity contribution in [3.8, 4) is 17.2 Å². The van der Waals surface area contributed by atoms with Crippen LogP contribution in [0, 0.1) is 0 Å². The van der Waals surface area contributed by atoms with Crippen molar-refractivity contribution in [3.63, 3.8) is 0 Å². The summed E-state index contributed by atoms with van der Waals surface area (Å²) in [5, 5.41) is 11.6. The van der Waals surface area contributed by atoms with E-state index in [2.05, 4.69) is 11.5 Å². The number of hydrogen-bond donors (Lipinski definition) is 1. The van der Waals surface area contributed by atoms with E-state index in [0.717, 1.165) is 24.4 Å². The molecular weight excluding hydrogens is 512 g/mol. The number of amides is 1. The first kappa shape index (κ1) is 27.7. The van der Waals surface area contributed by atoms with Gasteiger partial charge in [0.2, 0.25) is 0 Å². The lowest BCUT2D eigenvalue weighted by atomic mass is 9.94. The molecule has 2 aromatic carbocycles. The first-order chi connectivity index (χ1) is 19.4. The van der Waals surface area contributed by atoms with E-state index in [1.54, 1.807) is 35.2 Å². The molecule has 0 aliphatic carbocycles. The van der Waals surface area contributed by atoms with E-state index in [-0.39, 0.29) is 17.4 Å². The molecule has 9 nitrogen and oxygen atoms in total. The molecule has 0 spiro atoms. The minimum atomic E-state index is -0.794. The van der Waals surface area contributed by atoms with Crippen molar-refractivity contribution in [3.05, 3.63) is 71.3 Å². The summed E-state index contributed by atoms with van der Waals surface area (Å²) in [6.45, 7) is 11.9. The van der Waals surface area contributed by atoms with Gasteiger partial charge in [-0.15, -0.1) is 0 Å². The van der Waals surface area contributed by atoms with Crippen LogP contribution in [0.15, 0.2) is 54.6 Å². The van der Waals surface area contributed by atoms with Crippen molar-refractivity contribution >= 4 is 17.4 Å². The molecule has 0 bridgehead atoms. The summed E-state index contributed by atoms with van der Waals surface area (Å²) in [4.78, 5) is 30.8. The number of ketones is 1. The Bertz CT molecular complexity index is 1310. The Kier molecular flexibility index (Phi) is 8.42. The number of carbonyl (C=O) groups is 2. The molecule has 3 heterocycles. The molecule has 2 aromatic rings. The lowest BCUT2D eigenvalue weighted by molar-refractivity contribution is -0.140. The topological polar surface area (TPSA) is 97.8 Å². The number of morpholine rings is 1. The maximum absolute atomic E-state index is 13.5. The van der Waals surface area contributed by atoms with Crippen LogP contribution in [0.3, 0.4) is 0 Å². The third-order valence-corrected chi connectivity index (χ3v) is 7.41. The molecule has 3 aliphatic heterocycles. The van der Waals surface area contributed by atoms with Crippen molar-refractivity contribution in [2.24, 2.45) is 0 Å². The Labute approximate surface area is 234 Å². The lowest BCUT2D eigenvalue weighted by Gasteiger charge is -2.31. The summed E-state index contributed by atoms with van der Waals surface area (Å²) in [5.74, 6) is 0.239. The molecule has 2 fully saturated rings. The molecule has 5 rings (SSSR count). The standard InChI is InChI=1S/C31H36N2O7/c1-4-14-39-25-9-6-21(19-26(25)38-5-2)28-27(29(34)22-7-8-24-23(18-22)17-20(3)40-24)30(35)31(36)33(28)11-10-32-12-15-37-16-13-32/h4,6-9,18-20,28,34H,1,5,10-17H2,2-3H3/t20-,28+/m0/s1. The van der Waals surface area contributed by atoms with Gasteiger partial charge in [0.05, 0.1) is 31.4 Å². The molecule has 0 unspecified atom stereocenters. The van der Waals surface area contributed by atoms with Crippen LogP contribution in [0.5, 0.6) is 17.2 Å². The summed E-state index contributed by atoms with van der Waals surface area (Å²) >= 11 is 0. The fourth-order valence-corrected chi connectivity index (χ4v) is 5.49. The van der Waals surface area contributed by atoms with Gasteiger partial charge in [-0.05, 0) is 55.3 Å². The highest BCUT2D eigenvalue weighted by Gasteiger charge is 2.46. The van der Waals surface area contributed by atoms with Crippen molar-refractivity contribution in [2.45, 2.75) is 32.4 Å². The predicted molar refractivity (Wildman–Crippen MR) is 150 cm³/mol. The van der Waals surface area contributed by atoms with Gasteiger partial charge in [-0.3, -0.25) is 14.5 Å². The monoisotopic (exact) mass is 548 g/mol. The second-order valence-electron chi connectivity index (χ2n) is 10.1. The number of rotatable bonds is 10. The number of ether oxygens (including phenoxy) is 4. The average Bonchev–Trinajstić information content (AvgIpc) is 3.46. The number of nitrogens with zero attached hydrogens (tertiary/aromatic N) is 2. The Hall–Kier alpha value is -3.82. The van der Waals surface area contributed by atoms with Crippen LogP contribution in [0.1, 0.15) is 36.6 Å². The molecule has 0 saturated carbocycles. The fraction of sp³-hybridized carbons (Fsp3) is 0.419. The summed E-state index contributed by atoms with van der Waals surface area (Å²) in [6, 6.07) is 9.93. The minimum Gasteiger partial charge on any atom is -0.507 e. The molecule has 1 amide bonds. The number of Topliss-reactive ketones (excluding diaryl/α,β-unsaturated/α-hetero) is 1. The smallest absolute Gasteiger partial charge is 0.295 e. The molecule has 2 atom stereocenters. The van der Waals surface area contributed by atoms with Crippen LogP contribution >= 0.6 is 0 Å². The molecular formula is C31H36N2O7. The Morgan fingerprint density at radius 3 is 2.65 bits per heavy atom. The van der Waals surface area contributed by atoms with Gasteiger partial charge in [-0.1, -0.05) is 18.7 Å². The van der Waals surface area contributed by atoms with Gasteiger partial charge < -0.3 is 29.0 Å². The first-order valence-electron chi connectivity index (χ1n) is 13.8. The largest absolute Gasteiger partial charge is 0.507 e. The first-order valence-corrected chi connectivity index (χ1v) is 13.8. The van der Waals surface area contributed by atoms with Crippen molar-refractivity contribution in [1.82, 2.24) is 9.80 Å². The van der Waals surface area contributed by atoms with E-state index in [9.17, 15) is 14.7 Å². The third-order valence-electron chi connectivity index (χ3n) is 7.41. The van der Waals surface area contributed by atoms with Crippen LogP contribution in [0.4, 0.5) is 0 Å². The molecule has 0 aromatic heterocycles. The number of aliphatic hydroxyl groups is 1. The number of fused-ring (bicyclic) bond motifs is 1. The number of carbonyl (C=O) groups excluding carboxylic acids is 2. The van der Waals surface area contributed by atoms with Gasteiger partial charge in [0.25, 0.3) is 11.7 Å². The van der Waals surface area contributed by atoms with E-state index in [1.807, 2.05) is 26.0 Å². The zero-order chi connectivity index (χ0) is 28.2. The van der Waals surface area contributed by atoms with E-state index < -0.39 is 17.7 Å². The van der Waals surface area contributed by atoms with Crippen molar-refractivity contribution < 1.29 is 33.6 Å². The summed E-state index contributed by atoms with van der Waals surface area (Å²) in [5.41, 5.74) is 2.14. The number of benzene rings is 2. The van der Waals surface area contributed by atoms with Gasteiger partial charge in [-0.2, -0.15) is 0 Å². The SMILES string of the molecule is C=CCOc1ccc([C@@H]2C(=C(O)c3ccc4c(c3)C[C@H](C)O4)C(=O)C(=O)N2CCN2CCOCC2)cc1OCC. The number of hydrogen-bond acceptors (Lipinski definition) is 8. The second-order valence-corrected chi connectivity index (χ2v) is 10.1. The van der Waals surface area contributed by atoms with E-state index >= 15 is 0 Å². The summed E-state index contributed by atoms with van der Waals surface area (Å²) in [6.07, 6.45) is 2.39. The van der Waals surface area contributed by atoms with Gasteiger partial charge in [-0.25, -0.2) is 0 Å². The lowest BCUT2D eigenvalue weighted by Crippen LogP contribution is -2.42. The molecule has 212 valence electrons. The Morgan fingerprint density at radius 1 is 1.10 bits per heavy atom. The van der Waals surface area contributed by atoms with E-state index in [4.69, 9.17) is 18.9 Å². The average molecular weight is 549 g/mol. The van der Waals surface area contributed by atoms with Gasteiger partial charge in [0.15, 0.2) is 11.5 Å². The van der Waals surface area contributed by atoms with Crippen LogP contribution < -0.4 is 14.2 Å². The molecule has 40 heavy (non-hydrogen) atoms. The maximum Gasteiger partial charge on any atom is 0.295 e. The van der Waals surface area contributed by atoms with Crippen LogP contribution in [-0.2, 0) is 20.7 Å². The van der Waals surface area contributed by atoms with E-state index in [0.29, 0.717) is 68.6 Å². The summed E-state index contributed by atoms with van der Waals surface area (Å²) < 4.78 is 22.9. The van der Waals surface area contributed by atoms with Gasteiger partial charge in [0.1, 0.15) is 24.2 Å². The van der Waals surface area contributed by atoms with Crippen molar-refractivity contribution in [1.29, 1.82) is 0 Å². The highest BCUT2D eigenvalue weighted by molar-refractivity contribution is 6.46. The van der Waals surface area contributed by atoms with Gasteiger partial charge in [0, 0.05) is 38.2 Å². The maximum atomic E-state index is 13.5. The number of likely N-dealkylation sites (tertiary alicyclic amines) is 1. The zero-order valence-corrected chi connectivity index (χ0v) is 23.1. The predicted octanol–water partition coefficient (Wildman–Crippen LogP) is 3.73. The Morgan fingerprint density at radius 2 is 1.90 bits per heavy atom. The molecule has 1 N–H and O–H groups in total. The molecule has 2 saturated heterocycles.